The number of benzene rings is 2. The van der Waals surface area contributed by atoms with Crippen LogP contribution < -0.4 is 5.32 Å². The third kappa shape index (κ3) is 4.29. The summed E-state index contributed by atoms with van der Waals surface area (Å²) in [6.45, 7) is 2.34. The second-order valence-corrected chi connectivity index (χ2v) is 9.01. The molecule has 0 aliphatic carbocycles. The van der Waals surface area contributed by atoms with E-state index in [1.807, 2.05) is 4.90 Å². The zero-order valence-corrected chi connectivity index (χ0v) is 18.2. The lowest BCUT2D eigenvalue weighted by atomic mass is 9.77. The van der Waals surface area contributed by atoms with Crippen LogP contribution in [0.3, 0.4) is 0 Å². The van der Waals surface area contributed by atoms with E-state index < -0.39 is 11.7 Å². The first kappa shape index (κ1) is 22.2. The number of aromatic nitrogens is 3. The van der Waals surface area contributed by atoms with Crippen molar-refractivity contribution >= 4 is 28.7 Å². The van der Waals surface area contributed by atoms with E-state index in [0.717, 1.165) is 36.9 Å². The van der Waals surface area contributed by atoms with E-state index in [9.17, 15) is 22.8 Å². The van der Waals surface area contributed by atoms with Crippen LogP contribution in [0.2, 0.25) is 0 Å². The number of carbonyl (C=O) groups excluding carboxylic acids is 2. The number of likely N-dealkylation sites (tertiary alicyclic amines) is 2. The fraction of sp³-hybridized carbons (Fsp3) is 0.391. The molecule has 2 fully saturated rings. The summed E-state index contributed by atoms with van der Waals surface area (Å²) >= 11 is 0. The second kappa shape index (κ2) is 8.30. The summed E-state index contributed by atoms with van der Waals surface area (Å²) in [6.07, 6.45) is -2.01. The van der Waals surface area contributed by atoms with Crippen LogP contribution in [-0.4, -0.2) is 63.3 Å². The first-order valence-electron chi connectivity index (χ1n) is 11.1. The van der Waals surface area contributed by atoms with Gasteiger partial charge in [-0.25, -0.2) is 4.79 Å². The summed E-state index contributed by atoms with van der Waals surface area (Å²) in [5, 5.41) is 13.2. The Balaban J connectivity index is 1.16. The van der Waals surface area contributed by atoms with Crippen LogP contribution in [0.1, 0.15) is 35.2 Å². The predicted octanol–water partition coefficient (Wildman–Crippen LogP) is 4.14. The summed E-state index contributed by atoms with van der Waals surface area (Å²) in [6, 6.07) is 9.38. The lowest BCUT2D eigenvalue weighted by Gasteiger charge is -2.39. The molecule has 11 heteroatoms. The third-order valence-corrected chi connectivity index (χ3v) is 6.87. The number of nitrogens with zero attached hydrogens (tertiary/aromatic N) is 4. The monoisotopic (exact) mass is 472 g/mol. The van der Waals surface area contributed by atoms with Gasteiger partial charge in [0.25, 0.3) is 5.91 Å². The smallest absolute Gasteiger partial charge is 0.339 e. The minimum absolute atomic E-state index is 0.0466. The summed E-state index contributed by atoms with van der Waals surface area (Å²) in [5.74, 6) is -0.0466. The van der Waals surface area contributed by atoms with Gasteiger partial charge in [0.1, 0.15) is 5.52 Å². The molecule has 2 saturated heterocycles. The number of piperidine rings is 1. The second-order valence-electron chi connectivity index (χ2n) is 9.01. The van der Waals surface area contributed by atoms with Crippen molar-refractivity contribution in [1.29, 1.82) is 0 Å². The maximum absolute atomic E-state index is 13.0. The Morgan fingerprint density at radius 3 is 2.32 bits per heavy atom. The van der Waals surface area contributed by atoms with Crippen molar-refractivity contribution in [2.75, 3.05) is 31.5 Å². The van der Waals surface area contributed by atoms with Gasteiger partial charge in [-0.05, 0) is 67.1 Å². The Bertz CT molecular complexity index is 1220. The van der Waals surface area contributed by atoms with Gasteiger partial charge in [-0.15, -0.1) is 5.10 Å². The van der Waals surface area contributed by atoms with E-state index in [2.05, 4.69) is 20.7 Å². The Kier molecular flexibility index (Phi) is 5.41. The molecule has 0 saturated carbocycles. The minimum Gasteiger partial charge on any atom is -0.339 e. The molecule has 3 amide bonds. The van der Waals surface area contributed by atoms with Gasteiger partial charge in [-0.2, -0.15) is 13.2 Å². The molecular formula is C23H23F3N6O2. The fourth-order valence-corrected chi connectivity index (χ4v) is 4.80. The number of hydrogen-bond acceptors (Lipinski definition) is 4. The van der Waals surface area contributed by atoms with Crippen LogP contribution in [-0.2, 0) is 6.18 Å². The SMILES string of the molecule is O=C(Nc1ccc(C(F)(F)F)cc1)N1CCC2(CCN(C(=O)c3ccc4[nH]nnc4c3)CC2)C1. The molecule has 2 N–H and O–H groups in total. The van der Waals surface area contributed by atoms with Crippen molar-refractivity contribution in [3.63, 3.8) is 0 Å². The molecule has 2 aliphatic heterocycles. The molecule has 2 aliphatic rings. The molecule has 1 spiro atoms. The first-order chi connectivity index (χ1) is 16.2. The van der Waals surface area contributed by atoms with Crippen LogP contribution >= 0.6 is 0 Å². The topological polar surface area (TPSA) is 94.2 Å². The third-order valence-electron chi connectivity index (χ3n) is 6.87. The number of rotatable bonds is 2. The van der Waals surface area contributed by atoms with Gasteiger partial charge in [0.2, 0.25) is 0 Å². The quantitative estimate of drug-likeness (QED) is 0.586. The molecule has 178 valence electrons. The molecule has 3 heterocycles. The van der Waals surface area contributed by atoms with Crippen molar-refractivity contribution in [3.8, 4) is 0 Å². The normalized spacial score (nSPS) is 18.0. The van der Waals surface area contributed by atoms with Gasteiger partial charge in [0.05, 0.1) is 11.1 Å². The molecular weight excluding hydrogens is 449 g/mol. The van der Waals surface area contributed by atoms with Gasteiger partial charge in [-0.3, -0.25) is 9.89 Å². The molecule has 2 aromatic carbocycles. The highest BCUT2D eigenvalue weighted by Gasteiger charge is 2.43. The number of amides is 3. The Morgan fingerprint density at radius 2 is 1.65 bits per heavy atom. The molecule has 8 nitrogen and oxygen atoms in total. The highest BCUT2D eigenvalue weighted by atomic mass is 19.4. The number of hydrogen-bond donors (Lipinski definition) is 2. The minimum atomic E-state index is -4.41. The molecule has 3 aromatic rings. The van der Waals surface area contributed by atoms with Gasteiger partial charge in [0.15, 0.2) is 0 Å². The molecule has 34 heavy (non-hydrogen) atoms. The number of halogens is 3. The summed E-state index contributed by atoms with van der Waals surface area (Å²) < 4.78 is 38.2. The van der Waals surface area contributed by atoms with Crippen molar-refractivity contribution in [2.24, 2.45) is 5.41 Å². The number of anilines is 1. The molecule has 0 radical (unpaired) electrons. The van der Waals surface area contributed by atoms with Gasteiger partial charge in [0, 0.05) is 37.4 Å². The Hall–Kier alpha value is -3.63. The van der Waals surface area contributed by atoms with E-state index in [4.69, 9.17) is 0 Å². The molecule has 1 aromatic heterocycles. The number of H-pyrrole nitrogens is 1. The van der Waals surface area contributed by atoms with E-state index >= 15 is 0 Å². The first-order valence-corrected chi connectivity index (χ1v) is 11.1. The maximum Gasteiger partial charge on any atom is 0.416 e. The lowest BCUT2D eigenvalue weighted by Crippen LogP contribution is -2.45. The largest absolute Gasteiger partial charge is 0.416 e. The number of urea groups is 1. The Labute approximate surface area is 193 Å². The van der Waals surface area contributed by atoms with E-state index in [1.54, 1.807) is 23.1 Å². The summed E-state index contributed by atoms with van der Waals surface area (Å²) in [5.41, 5.74) is 1.50. The molecule has 0 bridgehead atoms. The molecule has 0 unspecified atom stereocenters. The predicted molar refractivity (Wildman–Crippen MR) is 118 cm³/mol. The lowest BCUT2D eigenvalue weighted by molar-refractivity contribution is -0.137. The van der Waals surface area contributed by atoms with Gasteiger partial charge < -0.3 is 15.1 Å². The van der Waals surface area contributed by atoms with Gasteiger partial charge >= 0.3 is 12.2 Å². The summed E-state index contributed by atoms with van der Waals surface area (Å²) in [7, 11) is 0. The van der Waals surface area contributed by atoms with Crippen LogP contribution in [0.25, 0.3) is 11.0 Å². The standard InChI is InChI=1S/C23H23F3N6O2/c24-23(25,26)16-2-4-17(5-3-16)27-21(34)32-12-9-22(14-32)7-10-31(11-8-22)20(33)15-1-6-18-19(13-15)29-30-28-18/h1-6,13H,7-12,14H2,(H,27,34)(H,28,29,30). The zero-order valence-electron chi connectivity index (χ0n) is 18.2. The number of alkyl halides is 3. The average Bonchev–Trinajstić information content (AvgIpc) is 3.46. The molecule has 5 rings (SSSR count). The van der Waals surface area contributed by atoms with Crippen LogP contribution in [0.5, 0.6) is 0 Å². The van der Waals surface area contributed by atoms with E-state index in [-0.39, 0.29) is 17.4 Å². The Morgan fingerprint density at radius 1 is 0.971 bits per heavy atom. The van der Waals surface area contributed by atoms with Crippen molar-refractivity contribution in [3.05, 3.63) is 53.6 Å². The number of aromatic amines is 1. The van der Waals surface area contributed by atoms with Gasteiger partial charge in [-0.1, -0.05) is 5.21 Å². The van der Waals surface area contributed by atoms with E-state index in [0.29, 0.717) is 42.9 Å². The zero-order chi connectivity index (χ0) is 23.9. The van der Waals surface area contributed by atoms with Crippen molar-refractivity contribution < 1.29 is 22.8 Å². The number of nitrogens with one attached hydrogen (secondary N) is 2. The van der Waals surface area contributed by atoms with Crippen LogP contribution in [0.15, 0.2) is 42.5 Å². The average molecular weight is 472 g/mol. The highest BCUT2D eigenvalue weighted by molar-refractivity contribution is 5.97. The molecule has 0 atom stereocenters. The van der Waals surface area contributed by atoms with Crippen LogP contribution in [0, 0.1) is 5.41 Å². The highest BCUT2D eigenvalue weighted by Crippen LogP contribution is 2.41. The van der Waals surface area contributed by atoms with Crippen molar-refractivity contribution in [2.45, 2.75) is 25.4 Å². The fourth-order valence-electron chi connectivity index (χ4n) is 4.80. The number of carbonyl (C=O) groups is 2. The van der Waals surface area contributed by atoms with E-state index in [1.165, 1.54) is 12.1 Å². The summed E-state index contributed by atoms with van der Waals surface area (Å²) in [4.78, 5) is 29.2. The maximum atomic E-state index is 13.0. The van der Waals surface area contributed by atoms with Crippen molar-refractivity contribution in [1.82, 2.24) is 25.2 Å². The van der Waals surface area contributed by atoms with Crippen LogP contribution in [0.4, 0.5) is 23.7 Å². The number of fused-ring (bicyclic) bond motifs is 1.